The molecule has 2 heterocycles. The average Bonchev–Trinajstić information content (AvgIpc) is 2.42. The highest BCUT2D eigenvalue weighted by Crippen LogP contribution is 2.25. The molecule has 0 bridgehead atoms. The third-order valence-corrected chi connectivity index (χ3v) is 3.67. The molecule has 0 radical (unpaired) electrons. The lowest BCUT2D eigenvalue weighted by Gasteiger charge is -2.31. The van der Waals surface area contributed by atoms with Gasteiger partial charge < -0.3 is 9.64 Å². The van der Waals surface area contributed by atoms with E-state index in [4.69, 9.17) is 27.9 Å². The highest BCUT2D eigenvalue weighted by Gasteiger charge is 2.28. The van der Waals surface area contributed by atoms with Crippen LogP contribution in [0.25, 0.3) is 0 Å². The number of piperidine rings is 1. The Bertz CT molecular complexity index is 470. The first-order valence-electron chi connectivity index (χ1n) is 6.21. The van der Waals surface area contributed by atoms with E-state index in [2.05, 4.69) is 9.97 Å². The fraction of sp³-hybridized carbons (Fsp3) is 0.583. The van der Waals surface area contributed by atoms with E-state index < -0.39 is 0 Å². The first kappa shape index (κ1) is 14.3. The summed E-state index contributed by atoms with van der Waals surface area (Å²) in [4.78, 5) is 22.0. The predicted octanol–water partition coefficient (Wildman–Crippen LogP) is 2.56. The predicted molar refractivity (Wildman–Crippen MR) is 73.6 cm³/mol. The van der Waals surface area contributed by atoms with Crippen molar-refractivity contribution in [3.8, 4) is 0 Å². The maximum absolute atomic E-state index is 11.8. The van der Waals surface area contributed by atoms with E-state index in [1.165, 1.54) is 6.20 Å². The van der Waals surface area contributed by atoms with Gasteiger partial charge in [0.05, 0.1) is 23.7 Å². The lowest BCUT2D eigenvalue weighted by Crippen LogP contribution is -2.40. The maximum Gasteiger partial charge on any atom is 0.310 e. The molecule has 1 aliphatic heterocycles. The van der Waals surface area contributed by atoms with E-state index in [0.717, 1.165) is 19.4 Å². The second-order valence-corrected chi connectivity index (χ2v) is 5.11. The van der Waals surface area contributed by atoms with E-state index in [9.17, 15) is 4.79 Å². The van der Waals surface area contributed by atoms with E-state index >= 15 is 0 Å². The Balaban J connectivity index is 2.08. The zero-order valence-corrected chi connectivity index (χ0v) is 12.1. The molecule has 0 amide bonds. The molecule has 104 valence electrons. The third-order valence-electron chi connectivity index (χ3n) is 3.01. The van der Waals surface area contributed by atoms with Crippen molar-refractivity contribution in [1.82, 2.24) is 9.97 Å². The minimum Gasteiger partial charge on any atom is -0.466 e. The van der Waals surface area contributed by atoms with Crippen LogP contribution in [0.1, 0.15) is 19.8 Å². The molecule has 1 aliphatic rings. The quantitative estimate of drug-likeness (QED) is 0.634. The van der Waals surface area contributed by atoms with Crippen molar-refractivity contribution >= 4 is 35.1 Å². The number of esters is 1. The van der Waals surface area contributed by atoms with Crippen LogP contribution < -0.4 is 4.90 Å². The van der Waals surface area contributed by atoms with Crippen molar-refractivity contribution in [1.29, 1.82) is 0 Å². The standard InChI is InChI=1S/C12H15Cl2N3O2/c1-2-19-11(18)8-4-3-5-17(7-8)12-15-6-9(13)10(14)16-12/h6,8H,2-5,7H2,1H3/t8-/m1/s1. The summed E-state index contributed by atoms with van der Waals surface area (Å²) in [5, 5.41) is 0.550. The number of halogens is 2. The minimum absolute atomic E-state index is 0.133. The van der Waals surface area contributed by atoms with Crippen LogP contribution in [0, 0.1) is 5.92 Å². The molecule has 19 heavy (non-hydrogen) atoms. The first-order chi connectivity index (χ1) is 9.11. The van der Waals surface area contributed by atoms with Crippen LogP contribution in [0.5, 0.6) is 0 Å². The number of anilines is 1. The van der Waals surface area contributed by atoms with E-state index in [1.54, 1.807) is 6.92 Å². The average molecular weight is 304 g/mol. The van der Waals surface area contributed by atoms with Gasteiger partial charge in [-0.3, -0.25) is 4.79 Å². The van der Waals surface area contributed by atoms with Gasteiger partial charge in [-0.2, -0.15) is 4.98 Å². The van der Waals surface area contributed by atoms with Crippen LogP contribution in [-0.4, -0.2) is 35.6 Å². The van der Waals surface area contributed by atoms with Gasteiger partial charge in [-0.05, 0) is 19.8 Å². The molecule has 0 aromatic carbocycles. The monoisotopic (exact) mass is 303 g/mol. The molecule has 0 saturated carbocycles. The molecule has 0 unspecified atom stereocenters. The molecule has 0 aliphatic carbocycles. The number of nitrogens with zero attached hydrogens (tertiary/aromatic N) is 3. The Hall–Kier alpha value is -1.07. The van der Waals surface area contributed by atoms with Gasteiger partial charge in [-0.15, -0.1) is 0 Å². The number of carbonyl (C=O) groups is 1. The fourth-order valence-electron chi connectivity index (χ4n) is 2.10. The molecular formula is C12H15Cl2N3O2. The van der Waals surface area contributed by atoms with Crippen molar-refractivity contribution in [3.05, 3.63) is 16.4 Å². The van der Waals surface area contributed by atoms with Crippen LogP contribution in [0.15, 0.2) is 6.20 Å². The second kappa shape index (κ2) is 6.39. The fourth-order valence-corrected chi connectivity index (χ4v) is 2.32. The Kier molecular flexibility index (Phi) is 4.82. The van der Waals surface area contributed by atoms with E-state index in [0.29, 0.717) is 24.1 Å². The molecular weight excluding hydrogens is 289 g/mol. The normalized spacial score (nSPS) is 19.3. The van der Waals surface area contributed by atoms with Crippen LogP contribution in [-0.2, 0) is 9.53 Å². The summed E-state index contributed by atoms with van der Waals surface area (Å²) in [5.41, 5.74) is 0. The number of rotatable bonds is 3. The number of aromatic nitrogens is 2. The van der Waals surface area contributed by atoms with Gasteiger partial charge in [0, 0.05) is 13.1 Å². The molecule has 5 nitrogen and oxygen atoms in total. The number of carbonyl (C=O) groups excluding carboxylic acids is 1. The molecule has 1 atom stereocenters. The summed E-state index contributed by atoms with van der Waals surface area (Å²) < 4.78 is 5.05. The topological polar surface area (TPSA) is 55.3 Å². The molecule has 2 rings (SSSR count). The van der Waals surface area contributed by atoms with Crippen molar-refractivity contribution in [3.63, 3.8) is 0 Å². The van der Waals surface area contributed by atoms with Crippen molar-refractivity contribution in [2.75, 3.05) is 24.6 Å². The van der Waals surface area contributed by atoms with E-state index in [1.807, 2.05) is 4.90 Å². The smallest absolute Gasteiger partial charge is 0.310 e. The Morgan fingerprint density at radius 2 is 2.37 bits per heavy atom. The molecule has 0 spiro atoms. The van der Waals surface area contributed by atoms with Gasteiger partial charge in [0.15, 0.2) is 5.15 Å². The summed E-state index contributed by atoms with van der Waals surface area (Å²) in [6.45, 7) is 3.56. The van der Waals surface area contributed by atoms with Crippen molar-refractivity contribution in [2.24, 2.45) is 5.92 Å². The van der Waals surface area contributed by atoms with Crippen LogP contribution in [0.3, 0.4) is 0 Å². The van der Waals surface area contributed by atoms with Crippen molar-refractivity contribution in [2.45, 2.75) is 19.8 Å². The summed E-state index contributed by atoms with van der Waals surface area (Å²) in [6.07, 6.45) is 3.20. The highest BCUT2D eigenvalue weighted by molar-refractivity contribution is 6.41. The summed E-state index contributed by atoms with van der Waals surface area (Å²) in [7, 11) is 0. The molecule has 1 fully saturated rings. The Morgan fingerprint density at radius 1 is 1.58 bits per heavy atom. The minimum atomic E-state index is -0.160. The van der Waals surface area contributed by atoms with Crippen LogP contribution >= 0.6 is 23.2 Å². The maximum atomic E-state index is 11.8. The number of ether oxygens (including phenoxy) is 1. The molecule has 7 heteroatoms. The Morgan fingerprint density at radius 3 is 3.05 bits per heavy atom. The molecule has 1 aromatic rings. The van der Waals surface area contributed by atoms with Gasteiger partial charge in [-0.25, -0.2) is 4.98 Å². The summed E-state index contributed by atoms with van der Waals surface area (Å²) >= 11 is 11.7. The van der Waals surface area contributed by atoms with Crippen molar-refractivity contribution < 1.29 is 9.53 Å². The SMILES string of the molecule is CCOC(=O)[C@@H]1CCCN(c2ncc(Cl)c(Cl)n2)C1. The van der Waals surface area contributed by atoms with Crippen LogP contribution in [0.4, 0.5) is 5.95 Å². The lowest BCUT2D eigenvalue weighted by molar-refractivity contribution is -0.148. The zero-order chi connectivity index (χ0) is 13.8. The molecule has 1 saturated heterocycles. The molecule has 0 N–H and O–H groups in total. The largest absolute Gasteiger partial charge is 0.466 e. The summed E-state index contributed by atoms with van der Waals surface area (Å²) in [6, 6.07) is 0. The zero-order valence-electron chi connectivity index (χ0n) is 10.6. The lowest BCUT2D eigenvalue weighted by atomic mass is 9.98. The van der Waals surface area contributed by atoms with Gasteiger partial charge in [-0.1, -0.05) is 23.2 Å². The number of hydrogen-bond acceptors (Lipinski definition) is 5. The third kappa shape index (κ3) is 3.48. The second-order valence-electron chi connectivity index (χ2n) is 4.35. The number of hydrogen-bond donors (Lipinski definition) is 0. The Labute approximate surface area is 121 Å². The van der Waals surface area contributed by atoms with E-state index in [-0.39, 0.29) is 17.0 Å². The van der Waals surface area contributed by atoms with Gasteiger partial charge >= 0.3 is 5.97 Å². The van der Waals surface area contributed by atoms with Gasteiger partial charge in [0.2, 0.25) is 5.95 Å². The van der Waals surface area contributed by atoms with Crippen LogP contribution in [0.2, 0.25) is 10.2 Å². The molecule has 1 aromatic heterocycles. The summed E-state index contributed by atoms with van der Waals surface area (Å²) in [5.74, 6) is 0.211. The van der Waals surface area contributed by atoms with Gasteiger partial charge in [0.25, 0.3) is 0 Å². The first-order valence-corrected chi connectivity index (χ1v) is 6.97. The highest BCUT2D eigenvalue weighted by atomic mass is 35.5. The van der Waals surface area contributed by atoms with Gasteiger partial charge in [0.1, 0.15) is 0 Å².